The lowest BCUT2D eigenvalue weighted by atomic mass is 10.1. The first-order valence-electron chi connectivity index (χ1n) is 6.68. The SMILES string of the molecule is C=CC(=O)N(C)C1CN(c2ncc3c(n2)CCC3)C1. The fourth-order valence-corrected chi connectivity index (χ4v) is 2.64. The molecule has 3 rings (SSSR count). The summed E-state index contributed by atoms with van der Waals surface area (Å²) in [5, 5.41) is 0. The summed E-state index contributed by atoms with van der Waals surface area (Å²) < 4.78 is 0. The summed E-state index contributed by atoms with van der Waals surface area (Å²) in [6.45, 7) is 5.11. The molecule has 1 aliphatic carbocycles. The van der Waals surface area contributed by atoms with Gasteiger partial charge in [-0.2, -0.15) is 0 Å². The molecule has 5 heteroatoms. The van der Waals surface area contributed by atoms with Crippen LogP contribution in [0.4, 0.5) is 5.95 Å². The van der Waals surface area contributed by atoms with Crippen LogP contribution in [0.15, 0.2) is 18.9 Å². The van der Waals surface area contributed by atoms with Crippen molar-refractivity contribution in [2.75, 3.05) is 25.0 Å². The van der Waals surface area contributed by atoms with Crippen molar-refractivity contribution in [1.82, 2.24) is 14.9 Å². The second-order valence-electron chi connectivity index (χ2n) is 5.21. The van der Waals surface area contributed by atoms with Crippen LogP contribution in [0, 0.1) is 0 Å². The third-order valence-electron chi connectivity index (χ3n) is 4.02. The maximum Gasteiger partial charge on any atom is 0.246 e. The number of likely N-dealkylation sites (N-methyl/N-ethyl adjacent to an activating group) is 1. The lowest BCUT2D eigenvalue weighted by Crippen LogP contribution is -2.60. The minimum atomic E-state index is -0.0282. The lowest BCUT2D eigenvalue weighted by Gasteiger charge is -2.43. The minimum absolute atomic E-state index is 0.0282. The Morgan fingerprint density at radius 1 is 1.53 bits per heavy atom. The zero-order chi connectivity index (χ0) is 13.4. The Morgan fingerprint density at radius 2 is 2.32 bits per heavy atom. The number of amides is 1. The molecule has 0 bridgehead atoms. The lowest BCUT2D eigenvalue weighted by molar-refractivity contribution is -0.127. The number of hydrogen-bond acceptors (Lipinski definition) is 4. The molecule has 1 aromatic rings. The fraction of sp³-hybridized carbons (Fsp3) is 0.500. The molecule has 0 aromatic carbocycles. The van der Waals surface area contributed by atoms with Crippen LogP contribution in [0.25, 0.3) is 0 Å². The smallest absolute Gasteiger partial charge is 0.246 e. The van der Waals surface area contributed by atoms with Crippen LogP contribution in [-0.4, -0.2) is 47.0 Å². The Morgan fingerprint density at radius 3 is 3.05 bits per heavy atom. The van der Waals surface area contributed by atoms with E-state index in [1.165, 1.54) is 23.8 Å². The van der Waals surface area contributed by atoms with E-state index in [2.05, 4.69) is 21.4 Å². The number of fused-ring (bicyclic) bond motifs is 1. The normalized spacial score (nSPS) is 17.8. The predicted molar refractivity (Wildman–Crippen MR) is 73.0 cm³/mol. The molecule has 0 saturated carbocycles. The summed E-state index contributed by atoms with van der Waals surface area (Å²) in [5.41, 5.74) is 2.49. The molecule has 5 nitrogen and oxygen atoms in total. The van der Waals surface area contributed by atoms with E-state index in [9.17, 15) is 4.79 Å². The van der Waals surface area contributed by atoms with E-state index in [0.717, 1.165) is 31.9 Å². The Labute approximate surface area is 113 Å². The van der Waals surface area contributed by atoms with Crippen molar-refractivity contribution in [3.63, 3.8) is 0 Å². The van der Waals surface area contributed by atoms with Crippen molar-refractivity contribution in [2.45, 2.75) is 25.3 Å². The average molecular weight is 258 g/mol. The van der Waals surface area contributed by atoms with Gasteiger partial charge in [-0.1, -0.05) is 6.58 Å². The number of carbonyl (C=O) groups is 1. The van der Waals surface area contributed by atoms with Crippen molar-refractivity contribution in [3.8, 4) is 0 Å². The van der Waals surface area contributed by atoms with E-state index in [1.807, 2.05) is 13.2 Å². The molecule has 0 spiro atoms. The maximum atomic E-state index is 11.5. The van der Waals surface area contributed by atoms with Gasteiger partial charge in [-0.25, -0.2) is 9.97 Å². The van der Waals surface area contributed by atoms with Gasteiger partial charge in [0.1, 0.15) is 0 Å². The first kappa shape index (κ1) is 12.1. The van der Waals surface area contributed by atoms with Gasteiger partial charge in [-0.15, -0.1) is 0 Å². The van der Waals surface area contributed by atoms with Crippen LogP contribution >= 0.6 is 0 Å². The highest BCUT2D eigenvalue weighted by Gasteiger charge is 2.33. The Bertz CT molecular complexity index is 522. The van der Waals surface area contributed by atoms with Crippen LogP contribution in [0.5, 0.6) is 0 Å². The molecule has 2 aliphatic rings. The van der Waals surface area contributed by atoms with Gasteiger partial charge < -0.3 is 9.80 Å². The van der Waals surface area contributed by atoms with Gasteiger partial charge in [0.15, 0.2) is 0 Å². The second-order valence-corrected chi connectivity index (χ2v) is 5.21. The summed E-state index contributed by atoms with van der Waals surface area (Å²) in [6.07, 6.45) is 6.67. The summed E-state index contributed by atoms with van der Waals surface area (Å²) in [4.78, 5) is 24.4. The quantitative estimate of drug-likeness (QED) is 0.752. The van der Waals surface area contributed by atoms with Crippen LogP contribution in [-0.2, 0) is 17.6 Å². The number of nitrogens with zero attached hydrogens (tertiary/aromatic N) is 4. The van der Waals surface area contributed by atoms with Gasteiger partial charge in [-0.3, -0.25) is 4.79 Å². The Hall–Kier alpha value is -1.91. The number of hydrogen-bond donors (Lipinski definition) is 0. The third kappa shape index (κ3) is 2.09. The summed E-state index contributed by atoms with van der Waals surface area (Å²) in [5.74, 6) is 0.774. The summed E-state index contributed by atoms with van der Waals surface area (Å²) >= 11 is 0. The molecule has 2 heterocycles. The minimum Gasteiger partial charge on any atom is -0.337 e. The van der Waals surface area contributed by atoms with Crippen molar-refractivity contribution in [3.05, 3.63) is 30.1 Å². The van der Waals surface area contributed by atoms with E-state index in [-0.39, 0.29) is 11.9 Å². The highest BCUT2D eigenvalue weighted by atomic mass is 16.2. The molecule has 0 N–H and O–H groups in total. The van der Waals surface area contributed by atoms with E-state index >= 15 is 0 Å². The molecular formula is C14H18N4O. The Balaban J connectivity index is 1.64. The number of carbonyl (C=O) groups excluding carboxylic acids is 1. The van der Waals surface area contributed by atoms with Crippen molar-refractivity contribution in [2.24, 2.45) is 0 Å². The monoisotopic (exact) mass is 258 g/mol. The van der Waals surface area contributed by atoms with Gasteiger partial charge in [0.05, 0.1) is 6.04 Å². The number of aromatic nitrogens is 2. The molecule has 0 radical (unpaired) electrons. The fourth-order valence-electron chi connectivity index (χ4n) is 2.64. The molecule has 1 amide bonds. The summed E-state index contributed by atoms with van der Waals surface area (Å²) in [7, 11) is 1.82. The standard InChI is InChI=1S/C14H18N4O/c1-3-13(19)17(2)11-8-18(9-11)14-15-7-10-5-4-6-12(10)16-14/h3,7,11H,1,4-6,8-9H2,2H3. The molecule has 1 fully saturated rings. The van der Waals surface area contributed by atoms with E-state index in [0.29, 0.717) is 0 Å². The molecule has 1 saturated heterocycles. The molecule has 1 aliphatic heterocycles. The highest BCUT2D eigenvalue weighted by Crippen LogP contribution is 2.24. The van der Waals surface area contributed by atoms with E-state index < -0.39 is 0 Å². The van der Waals surface area contributed by atoms with Crippen molar-refractivity contribution in [1.29, 1.82) is 0 Å². The molecular weight excluding hydrogens is 240 g/mol. The van der Waals surface area contributed by atoms with Crippen LogP contribution in [0.2, 0.25) is 0 Å². The Kier molecular flexibility index (Phi) is 2.97. The van der Waals surface area contributed by atoms with Crippen molar-refractivity contribution >= 4 is 11.9 Å². The van der Waals surface area contributed by atoms with Crippen LogP contribution < -0.4 is 4.90 Å². The number of anilines is 1. The molecule has 0 atom stereocenters. The molecule has 19 heavy (non-hydrogen) atoms. The second kappa shape index (κ2) is 4.64. The van der Waals surface area contributed by atoms with Gasteiger partial charge >= 0.3 is 0 Å². The number of aryl methyl sites for hydroxylation is 2. The summed E-state index contributed by atoms with van der Waals surface area (Å²) in [6, 6.07) is 0.238. The number of rotatable bonds is 3. The van der Waals surface area contributed by atoms with E-state index in [1.54, 1.807) is 4.90 Å². The van der Waals surface area contributed by atoms with Crippen LogP contribution in [0.3, 0.4) is 0 Å². The molecule has 1 aromatic heterocycles. The zero-order valence-corrected chi connectivity index (χ0v) is 11.2. The van der Waals surface area contributed by atoms with Gasteiger partial charge in [0.2, 0.25) is 11.9 Å². The maximum absolute atomic E-state index is 11.5. The topological polar surface area (TPSA) is 49.3 Å². The van der Waals surface area contributed by atoms with Gasteiger partial charge in [0, 0.05) is 32.0 Å². The third-order valence-corrected chi connectivity index (χ3v) is 4.02. The van der Waals surface area contributed by atoms with E-state index in [4.69, 9.17) is 0 Å². The molecule has 0 unspecified atom stereocenters. The average Bonchev–Trinajstić information content (AvgIpc) is 2.83. The largest absolute Gasteiger partial charge is 0.337 e. The first-order valence-corrected chi connectivity index (χ1v) is 6.68. The highest BCUT2D eigenvalue weighted by molar-refractivity contribution is 5.87. The zero-order valence-electron chi connectivity index (χ0n) is 11.2. The van der Waals surface area contributed by atoms with Gasteiger partial charge in [-0.05, 0) is 30.9 Å². The predicted octanol–water partition coefficient (Wildman–Crippen LogP) is 0.798. The van der Waals surface area contributed by atoms with Crippen LogP contribution in [0.1, 0.15) is 17.7 Å². The van der Waals surface area contributed by atoms with Gasteiger partial charge in [0.25, 0.3) is 0 Å². The molecule has 100 valence electrons. The van der Waals surface area contributed by atoms with Crippen molar-refractivity contribution < 1.29 is 4.79 Å². The first-order chi connectivity index (χ1) is 9.19.